The molecule has 0 atom stereocenters. The number of nitrogens with zero attached hydrogens (tertiary/aromatic N) is 2. The number of aromatic nitrogens is 1. The van der Waals surface area contributed by atoms with Crippen LogP contribution in [0.3, 0.4) is 0 Å². The largest absolute Gasteiger partial charge is 0.494 e. The van der Waals surface area contributed by atoms with E-state index in [9.17, 15) is 20.0 Å². The maximum atomic E-state index is 13.3. The number of carbonyl (C=O) groups is 1. The van der Waals surface area contributed by atoms with Gasteiger partial charge in [-0.2, -0.15) is 5.26 Å². The van der Waals surface area contributed by atoms with Gasteiger partial charge in [-0.15, -0.1) is 0 Å². The van der Waals surface area contributed by atoms with Crippen LogP contribution in [0.15, 0.2) is 16.9 Å². The van der Waals surface area contributed by atoms with E-state index in [1.54, 1.807) is 6.92 Å². The average Bonchev–Trinajstić information content (AvgIpc) is 2.71. The molecule has 158 valence electrons. The summed E-state index contributed by atoms with van der Waals surface area (Å²) in [6.07, 6.45) is 4.29. The third kappa shape index (κ3) is 3.92. The fraction of sp³-hybridized carbons (Fsp3) is 0.409. The highest BCUT2D eigenvalue weighted by Gasteiger charge is 2.29. The van der Waals surface area contributed by atoms with E-state index in [0.29, 0.717) is 19.4 Å². The van der Waals surface area contributed by atoms with Gasteiger partial charge < -0.3 is 9.84 Å². The Kier molecular flexibility index (Phi) is 6.74. The molecule has 0 saturated heterocycles. The van der Waals surface area contributed by atoms with Crippen molar-refractivity contribution < 1.29 is 14.6 Å². The number of pyridine rings is 1. The minimum atomic E-state index is -0.571. The van der Waals surface area contributed by atoms with E-state index in [1.165, 1.54) is 23.6 Å². The van der Waals surface area contributed by atoms with Gasteiger partial charge in [0.1, 0.15) is 11.6 Å². The van der Waals surface area contributed by atoms with Gasteiger partial charge in [0.2, 0.25) is 5.88 Å². The van der Waals surface area contributed by atoms with E-state index in [4.69, 9.17) is 27.9 Å². The number of aromatic hydroxyl groups is 1. The first-order chi connectivity index (χ1) is 14.3. The molecule has 1 aliphatic carbocycles. The van der Waals surface area contributed by atoms with Gasteiger partial charge in [0, 0.05) is 11.6 Å². The quantitative estimate of drug-likeness (QED) is 0.636. The Bertz CT molecular complexity index is 1070. The summed E-state index contributed by atoms with van der Waals surface area (Å²) in [5.41, 5.74) is -0.542. The second-order valence-electron chi connectivity index (χ2n) is 7.31. The van der Waals surface area contributed by atoms with Crippen molar-refractivity contribution >= 4 is 29.0 Å². The van der Waals surface area contributed by atoms with E-state index in [1.807, 2.05) is 6.07 Å². The Morgan fingerprint density at radius 3 is 2.40 bits per heavy atom. The molecule has 1 aromatic heterocycles. The summed E-state index contributed by atoms with van der Waals surface area (Å²) in [6.45, 7) is 3.62. The minimum Gasteiger partial charge on any atom is -0.494 e. The number of hydrogen-bond donors (Lipinski definition) is 1. The number of benzene rings is 1. The topological polar surface area (TPSA) is 92.3 Å². The van der Waals surface area contributed by atoms with Gasteiger partial charge in [0.25, 0.3) is 5.56 Å². The predicted octanol–water partition coefficient (Wildman–Crippen LogP) is 5.18. The lowest BCUT2D eigenvalue weighted by Crippen LogP contribution is -2.31. The van der Waals surface area contributed by atoms with Crippen LogP contribution < -0.4 is 10.3 Å². The summed E-state index contributed by atoms with van der Waals surface area (Å²) in [5, 5.41) is 20.8. The summed E-state index contributed by atoms with van der Waals surface area (Å²) < 4.78 is 6.60. The van der Waals surface area contributed by atoms with Gasteiger partial charge in [-0.25, -0.2) is 0 Å². The molecule has 1 N–H and O–H groups in total. The van der Waals surface area contributed by atoms with Gasteiger partial charge in [-0.05, 0) is 44.4 Å². The molecule has 1 heterocycles. The van der Waals surface area contributed by atoms with Crippen molar-refractivity contribution in [2.45, 2.75) is 52.0 Å². The van der Waals surface area contributed by atoms with Crippen LogP contribution in [0.4, 0.5) is 0 Å². The van der Waals surface area contributed by atoms with Gasteiger partial charge in [0.15, 0.2) is 11.5 Å². The minimum absolute atomic E-state index is 0.0898. The summed E-state index contributed by atoms with van der Waals surface area (Å²) >= 11 is 12.5. The summed E-state index contributed by atoms with van der Waals surface area (Å²) in [6, 6.07) is 4.45. The third-order valence-corrected chi connectivity index (χ3v) is 6.02. The summed E-state index contributed by atoms with van der Waals surface area (Å²) in [7, 11) is 0. The van der Waals surface area contributed by atoms with Crippen molar-refractivity contribution in [3.8, 4) is 17.7 Å². The second kappa shape index (κ2) is 9.11. The van der Waals surface area contributed by atoms with E-state index in [-0.39, 0.29) is 44.1 Å². The molecule has 6 nitrogen and oxygen atoms in total. The summed E-state index contributed by atoms with van der Waals surface area (Å²) in [4.78, 5) is 26.2. The van der Waals surface area contributed by atoms with Crippen molar-refractivity contribution in [1.29, 1.82) is 5.26 Å². The van der Waals surface area contributed by atoms with Crippen molar-refractivity contribution in [3.05, 3.63) is 54.8 Å². The number of nitriles is 1. The highest BCUT2D eigenvalue weighted by atomic mass is 35.5. The first-order valence-corrected chi connectivity index (χ1v) is 10.6. The summed E-state index contributed by atoms with van der Waals surface area (Å²) in [5.74, 6) is -0.726. The van der Waals surface area contributed by atoms with Crippen LogP contribution in [-0.2, 0) is 0 Å². The van der Waals surface area contributed by atoms with Crippen LogP contribution in [0.1, 0.15) is 72.1 Å². The lowest BCUT2D eigenvalue weighted by molar-refractivity contribution is 0.103. The molecule has 1 aromatic carbocycles. The molecule has 3 rings (SSSR count). The van der Waals surface area contributed by atoms with Gasteiger partial charge >= 0.3 is 0 Å². The molecule has 1 saturated carbocycles. The number of ketones is 1. The SMILES string of the molecule is CCOc1c(Cl)cc(C(=O)c2c(C)c(C#N)c(=O)n(C3CCCCC3)c2O)cc1Cl. The highest BCUT2D eigenvalue weighted by molar-refractivity contribution is 6.38. The number of halogens is 2. The number of carbonyl (C=O) groups excluding carboxylic acids is 1. The molecular weight excluding hydrogens is 427 g/mol. The van der Waals surface area contributed by atoms with Crippen LogP contribution in [-0.4, -0.2) is 22.1 Å². The number of ether oxygens (including phenoxy) is 1. The molecule has 1 aliphatic rings. The molecule has 30 heavy (non-hydrogen) atoms. The zero-order valence-corrected chi connectivity index (χ0v) is 18.3. The van der Waals surface area contributed by atoms with Crippen molar-refractivity contribution in [2.75, 3.05) is 6.61 Å². The third-order valence-electron chi connectivity index (χ3n) is 5.46. The molecule has 0 bridgehead atoms. The normalized spacial score (nSPS) is 14.4. The molecule has 0 radical (unpaired) electrons. The van der Waals surface area contributed by atoms with Crippen LogP contribution in [0.2, 0.25) is 10.0 Å². The molecule has 2 aromatic rings. The standard InChI is InChI=1S/C22H22Cl2N2O4/c1-3-30-20-16(23)9-13(10-17(20)24)19(27)18-12(2)15(11-25)21(28)26(22(18)29)14-7-5-4-6-8-14/h9-10,14,29H,3-8H2,1-2H3. The van der Waals surface area contributed by atoms with E-state index in [2.05, 4.69) is 0 Å². The molecule has 0 spiro atoms. The fourth-order valence-electron chi connectivity index (χ4n) is 3.99. The molecule has 8 heteroatoms. The van der Waals surface area contributed by atoms with Crippen molar-refractivity contribution in [3.63, 3.8) is 0 Å². The smallest absolute Gasteiger partial charge is 0.271 e. The zero-order valence-electron chi connectivity index (χ0n) is 16.8. The van der Waals surface area contributed by atoms with E-state index < -0.39 is 17.2 Å². The van der Waals surface area contributed by atoms with Crippen LogP contribution in [0.25, 0.3) is 0 Å². The van der Waals surface area contributed by atoms with E-state index in [0.717, 1.165) is 19.3 Å². The maximum absolute atomic E-state index is 13.3. The Balaban J connectivity index is 2.19. The van der Waals surface area contributed by atoms with E-state index >= 15 is 0 Å². The second-order valence-corrected chi connectivity index (χ2v) is 8.12. The first-order valence-electron chi connectivity index (χ1n) is 9.86. The molecule has 0 aliphatic heterocycles. The molecule has 1 fully saturated rings. The Labute approximate surface area is 184 Å². The van der Waals surface area contributed by atoms with Gasteiger partial charge in [-0.1, -0.05) is 42.5 Å². The predicted molar refractivity (Wildman–Crippen MR) is 115 cm³/mol. The van der Waals surface area contributed by atoms with Crippen LogP contribution in [0.5, 0.6) is 11.6 Å². The van der Waals surface area contributed by atoms with Crippen LogP contribution >= 0.6 is 23.2 Å². The lowest BCUT2D eigenvalue weighted by atomic mass is 9.93. The maximum Gasteiger partial charge on any atom is 0.271 e. The highest BCUT2D eigenvalue weighted by Crippen LogP contribution is 2.37. The monoisotopic (exact) mass is 448 g/mol. The molecular formula is C22H22Cl2N2O4. The Hall–Kier alpha value is -2.49. The van der Waals surface area contributed by atoms with Gasteiger partial charge in [0.05, 0.1) is 22.2 Å². The first kappa shape index (κ1) is 22.2. The van der Waals surface area contributed by atoms with Crippen LogP contribution in [0, 0.1) is 18.3 Å². The number of rotatable bonds is 5. The zero-order chi connectivity index (χ0) is 22.0. The van der Waals surface area contributed by atoms with Gasteiger partial charge in [-0.3, -0.25) is 14.2 Å². The Morgan fingerprint density at radius 1 is 1.27 bits per heavy atom. The Morgan fingerprint density at radius 2 is 1.87 bits per heavy atom. The number of hydrogen-bond acceptors (Lipinski definition) is 5. The van der Waals surface area contributed by atoms with Crippen molar-refractivity contribution in [1.82, 2.24) is 4.57 Å². The van der Waals surface area contributed by atoms with Crippen molar-refractivity contribution in [2.24, 2.45) is 0 Å². The lowest BCUT2D eigenvalue weighted by Gasteiger charge is -2.26. The average molecular weight is 449 g/mol. The molecule has 0 amide bonds. The fourth-order valence-corrected chi connectivity index (χ4v) is 4.59. The molecule has 0 unspecified atom stereocenters.